The van der Waals surface area contributed by atoms with Gasteiger partial charge < -0.3 is 19.7 Å². The topological polar surface area (TPSA) is 33.7 Å². The number of rotatable bonds is 10. The summed E-state index contributed by atoms with van der Waals surface area (Å²) in [6.07, 6.45) is 0. The molecule has 0 amide bonds. The van der Waals surface area contributed by atoms with Crippen LogP contribution in [0.3, 0.4) is 0 Å². The Labute approximate surface area is 149 Å². The molecular formula is C20H27FN2O2. The molecule has 0 saturated carbocycles. The zero-order chi connectivity index (χ0) is 18.1. The van der Waals surface area contributed by atoms with Crippen molar-refractivity contribution in [1.29, 1.82) is 0 Å². The molecule has 0 aliphatic rings. The Kier molecular flexibility index (Phi) is 7.70. The van der Waals surface area contributed by atoms with Gasteiger partial charge in [0, 0.05) is 30.8 Å². The molecular weight excluding hydrogens is 319 g/mol. The lowest BCUT2D eigenvalue weighted by atomic mass is 10.1. The molecule has 136 valence electrons. The third kappa shape index (κ3) is 6.03. The molecule has 1 N–H and O–H groups in total. The molecule has 0 unspecified atom stereocenters. The van der Waals surface area contributed by atoms with Crippen LogP contribution < -0.4 is 14.8 Å². The average Bonchev–Trinajstić information content (AvgIpc) is 2.59. The SMILES string of the molecule is CCOc1cccc(CNCCN(C)C)c1OCc1ccccc1F. The van der Waals surface area contributed by atoms with E-state index in [9.17, 15) is 4.39 Å². The fourth-order valence-electron chi connectivity index (χ4n) is 2.42. The van der Waals surface area contributed by atoms with Crippen LogP contribution in [0.15, 0.2) is 42.5 Å². The van der Waals surface area contributed by atoms with Crippen molar-refractivity contribution in [2.24, 2.45) is 0 Å². The largest absolute Gasteiger partial charge is 0.490 e. The highest BCUT2D eigenvalue weighted by Crippen LogP contribution is 2.32. The second kappa shape index (κ2) is 10.0. The van der Waals surface area contributed by atoms with Gasteiger partial charge in [-0.25, -0.2) is 4.39 Å². The number of nitrogens with one attached hydrogen (secondary N) is 1. The average molecular weight is 346 g/mol. The van der Waals surface area contributed by atoms with Crippen LogP contribution in [0, 0.1) is 5.82 Å². The van der Waals surface area contributed by atoms with Gasteiger partial charge in [-0.2, -0.15) is 0 Å². The first-order chi connectivity index (χ1) is 12.1. The Morgan fingerprint density at radius 3 is 2.48 bits per heavy atom. The molecule has 0 aromatic heterocycles. The molecule has 0 spiro atoms. The van der Waals surface area contributed by atoms with E-state index in [1.165, 1.54) is 6.07 Å². The summed E-state index contributed by atoms with van der Waals surface area (Å²) in [5.74, 6) is 1.10. The molecule has 25 heavy (non-hydrogen) atoms. The van der Waals surface area contributed by atoms with Crippen LogP contribution in [0.25, 0.3) is 0 Å². The number of nitrogens with zero attached hydrogens (tertiary/aromatic N) is 1. The molecule has 0 atom stereocenters. The van der Waals surface area contributed by atoms with Gasteiger partial charge in [0.15, 0.2) is 11.5 Å². The second-order valence-corrected chi connectivity index (χ2v) is 6.04. The van der Waals surface area contributed by atoms with Crippen molar-refractivity contribution in [3.8, 4) is 11.5 Å². The number of halogens is 1. The quantitative estimate of drug-likeness (QED) is 0.668. The summed E-state index contributed by atoms with van der Waals surface area (Å²) in [6, 6.07) is 12.5. The van der Waals surface area contributed by atoms with Crippen LogP contribution in [0.5, 0.6) is 11.5 Å². The monoisotopic (exact) mass is 346 g/mol. The molecule has 2 aromatic carbocycles. The van der Waals surface area contributed by atoms with Crippen LogP contribution in [0.4, 0.5) is 4.39 Å². The Morgan fingerprint density at radius 2 is 1.76 bits per heavy atom. The molecule has 2 aromatic rings. The fraction of sp³-hybridized carbons (Fsp3) is 0.400. The Morgan fingerprint density at radius 1 is 1.00 bits per heavy atom. The molecule has 0 radical (unpaired) electrons. The van der Waals surface area contributed by atoms with Gasteiger partial charge in [0.1, 0.15) is 12.4 Å². The van der Waals surface area contributed by atoms with Crippen LogP contribution in [-0.2, 0) is 13.2 Å². The molecule has 0 fully saturated rings. The van der Waals surface area contributed by atoms with Crippen LogP contribution in [0.1, 0.15) is 18.1 Å². The van der Waals surface area contributed by atoms with Gasteiger partial charge in [-0.05, 0) is 33.2 Å². The third-order valence-corrected chi connectivity index (χ3v) is 3.74. The number of hydrogen-bond donors (Lipinski definition) is 1. The van der Waals surface area contributed by atoms with E-state index in [-0.39, 0.29) is 12.4 Å². The van der Waals surface area contributed by atoms with E-state index in [0.717, 1.165) is 18.7 Å². The second-order valence-electron chi connectivity index (χ2n) is 6.04. The summed E-state index contributed by atoms with van der Waals surface area (Å²) in [4.78, 5) is 2.12. The first kappa shape index (κ1) is 19.2. The number of benzene rings is 2. The van der Waals surface area contributed by atoms with E-state index in [1.54, 1.807) is 18.2 Å². The van der Waals surface area contributed by atoms with E-state index in [4.69, 9.17) is 9.47 Å². The van der Waals surface area contributed by atoms with Crippen molar-refractivity contribution >= 4 is 0 Å². The zero-order valence-corrected chi connectivity index (χ0v) is 15.2. The van der Waals surface area contributed by atoms with Crippen molar-refractivity contribution in [3.63, 3.8) is 0 Å². The predicted molar refractivity (Wildman–Crippen MR) is 98.6 cm³/mol. The van der Waals surface area contributed by atoms with Crippen molar-refractivity contribution in [2.75, 3.05) is 33.8 Å². The van der Waals surface area contributed by atoms with Gasteiger partial charge in [-0.15, -0.1) is 0 Å². The predicted octanol–water partition coefficient (Wildman–Crippen LogP) is 3.45. The highest BCUT2D eigenvalue weighted by molar-refractivity contribution is 5.46. The molecule has 0 aliphatic heterocycles. The molecule has 0 saturated heterocycles. The lowest BCUT2D eigenvalue weighted by Gasteiger charge is -2.17. The molecule has 0 bridgehead atoms. The maximum absolute atomic E-state index is 13.8. The smallest absolute Gasteiger partial charge is 0.166 e. The number of likely N-dealkylation sites (N-methyl/N-ethyl adjacent to an activating group) is 1. The summed E-state index contributed by atoms with van der Waals surface area (Å²) in [5, 5.41) is 3.40. The minimum atomic E-state index is -0.262. The minimum absolute atomic E-state index is 0.168. The van der Waals surface area contributed by atoms with Gasteiger partial charge in [-0.1, -0.05) is 30.3 Å². The first-order valence-electron chi connectivity index (χ1n) is 8.58. The molecule has 0 aliphatic carbocycles. The van der Waals surface area contributed by atoms with Crippen molar-refractivity contribution in [3.05, 3.63) is 59.4 Å². The standard InChI is InChI=1S/C20H27FN2O2/c1-4-24-19-11-7-9-16(14-22-12-13-23(2)3)20(19)25-15-17-8-5-6-10-18(17)21/h5-11,22H,4,12-15H2,1-3H3. The number of para-hydroxylation sites is 1. The molecule has 2 rings (SSSR count). The first-order valence-corrected chi connectivity index (χ1v) is 8.58. The fourth-order valence-corrected chi connectivity index (χ4v) is 2.42. The zero-order valence-electron chi connectivity index (χ0n) is 15.2. The lowest BCUT2D eigenvalue weighted by Crippen LogP contribution is -2.26. The van der Waals surface area contributed by atoms with Gasteiger partial charge in [0.25, 0.3) is 0 Å². The maximum Gasteiger partial charge on any atom is 0.166 e. The number of ether oxygens (including phenoxy) is 2. The van der Waals surface area contributed by atoms with E-state index < -0.39 is 0 Å². The summed E-state index contributed by atoms with van der Waals surface area (Å²) >= 11 is 0. The van der Waals surface area contributed by atoms with Crippen LogP contribution in [0.2, 0.25) is 0 Å². The molecule has 0 heterocycles. The molecule has 4 nitrogen and oxygen atoms in total. The van der Waals surface area contributed by atoms with Gasteiger partial charge >= 0.3 is 0 Å². The van der Waals surface area contributed by atoms with Crippen LogP contribution in [-0.4, -0.2) is 38.7 Å². The summed E-state index contributed by atoms with van der Waals surface area (Å²) in [6.45, 7) is 5.15. The third-order valence-electron chi connectivity index (χ3n) is 3.74. The Bertz CT molecular complexity index is 662. The van der Waals surface area contributed by atoms with Gasteiger partial charge in [0.05, 0.1) is 6.61 Å². The van der Waals surface area contributed by atoms with Crippen molar-refractivity contribution < 1.29 is 13.9 Å². The summed E-state index contributed by atoms with van der Waals surface area (Å²) in [7, 11) is 4.08. The molecule has 5 heteroatoms. The van der Waals surface area contributed by atoms with E-state index in [0.29, 0.717) is 30.2 Å². The van der Waals surface area contributed by atoms with E-state index >= 15 is 0 Å². The summed E-state index contributed by atoms with van der Waals surface area (Å²) in [5.41, 5.74) is 1.53. The Balaban J connectivity index is 2.10. The highest BCUT2D eigenvalue weighted by Gasteiger charge is 2.12. The van der Waals surface area contributed by atoms with E-state index in [2.05, 4.69) is 10.2 Å². The van der Waals surface area contributed by atoms with Gasteiger partial charge in [-0.3, -0.25) is 0 Å². The lowest BCUT2D eigenvalue weighted by molar-refractivity contribution is 0.262. The number of hydrogen-bond acceptors (Lipinski definition) is 4. The highest BCUT2D eigenvalue weighted by atomic mass is 19.1. The van der Waals surface area contributed by atoms with Crippen molar-refractivity contribution in [2.45, 2.75) is 20.1 Å². The maximum atomic E-state index is 13.8. The van der Waals surface area contributed by atoms with Crippen LogP contribution >= 0.6 is 0 Å². The van der Waals surface area contributed by atoms with E-state index in [1.807, 2.05) is 39.2 Å². The van der Waals surface area contributed by atoms with Gasteiger partial charge in [0.2, 0.25) is 0 Å². The summed E-state index contributed by atoms with van der Waals surface area (Å²) < 4.78 is 25.5. The minimum Gasteiger partial charge on any atom is -0.490 e. The normalized spacial score (nSPS) is 10.9. The Hall–Kier alpha value is -2.11. The van der Waals surface area contributed by atoms with Crippen molar-refractivity contribution in [1.82, 2.24) is 10.2 Å².